The van der Waals surface area contributed by atoms with Crippen LogP contribution in [0.25, 0.3) is 0 Å². The monoisotopic (exact) mass is 349 g/mol. The van der Waals surface area contributed by atoms with Crippen LogP contribution < -0.4 is 4.90 Å². The molecule has 136 valence electrons. The normalized spacial score (nSPS) is 21.3. The van der Waals surface area contributed by atoms with Gasteiger partial charge < -0.3 is 14.4 Å². The number of methoxy groups -OCH3 is 1. The summed E-state index contributed by atoms with van der Waals surface area (Å²) in [7, 11) is 1.23. The Labute approximate surface area is 146 Å². The van der Waals surface area contributed by atoms with Crippen LogP contribution in [0.2, 0.25) is 0 Å². The largest absolute Gasteiger partial charge is 0.465 e. The SMILES string of the molecule is COC(=O)c1cc(N2CCN(CC3CCOC3)CC2)ccc1[N+](=O)[O-]. The second kappa shape index (κ2) is 7.79. The van der Waals surface area contributed by atoms with Crippen molar-refractivity contribution in [3.63, 3.8) is 0 Å². The fraction of sp³-hybridized carbons (Fsp3) is 0.588. The molecule has 0 spiro atoms. The zero-order valence-electron chi connectivity index (χ0n) is 14.3. The Kier molecular flexibility index (Phi) is 5.50. The van der Waals surface area contributed by atoms with Crippen molar-refractivity contribution in [1.82, 2.24) is 4.90 Å². The Hall–Kier alpha value is -2.19. The van der Waals surface area contributed by atoms with Crippen LogP contribution in [0.15, 0.2) is 18.2 Å². The molecule has 0 N–H and O–H groups in total. The lowest BCUT2D eigenvalue weighted by atomic mass is 10.1. The molecule has 25 heavy (non-hydrogen) atoms. The van der Waals surface area contributed by atoms with Crippen molar-refractivity contribution in [2.24, 2.45) is 5.92 Å². The van der Waals surface area contributed by atoms with Gasteiger partial charge in [0, 0.05) is 51.1 Å². The van der Waals surface area contributed by atoms with E-state index in [0.29, 0.717) is 5.92 Å². The average molecular weight is 349 g/mol. The molecule has 1 atom stereocenters. The summed E-state index contributed by atoms with van der Waals surface area (Å²) < 4.78 is 10.1. The number of hydrogen-bond acceptors (Lipinski definition) is 7. The highest BCUT2D eigenvalue weighted by Gasteiger charge is 2.26. The maximum Gasteiger partial charge on any atom is 0.344 e. The van der Waals surface area contributed by atoms with Gasteiger partial charge >= 0.3 is 5.97 Å². The molecule has 3 rings (SSSR count). The van der Waals surface area contributed by atoms with E-state index in [1.54, 1.807) is 12.1 Å². The molecule has 0 bridgehead atoms. The molecular formula is C17H23N3O5. The maximum absolute atomic E-state index is 11.9. The number of benzene rings is 1. The molecule has 2 saturated heterocycles. The topological polar surface area (TPSA) is 85.2 Å². The van der Waals surface area contributed by atoms with Crippen molar-refractivity contribution < 1.29 is 19.2 Å². The van der Waals surface area contributed by atoms with E-state index in [1.807, 2.05) is 0 Å². The fourth-order valence-corrected chi connectivity index (χ4v) is 3.43. The lowest BCUT2D eigenvalue weighted by Gasteiger charge is -2.37. The van der Waals surface area contributed by atoms with Gasteiger partial charge in [0.2, 0.25) is 0 Å². The van der Waals surface area contributed by atoms with E-state index < -0.39 is 10.9 Å². The molecule has 0 aliphatic carbocycles. The Bertz CT molecular complexity index is 637. The van der Waals surface area contributed by atoms with Gasteiger partial charge in [0.15, 0.2) is 0 Å². The van der Waals surface area contributed by atoms with Crippen molar-refractivity contribution >= 4 is 17.3 Å². The second-order valence-electron chi connectivity index (χ2n) is 6.47. The summed E-state index contributed by atoms with van der Waals surface area (Å²) in [5.41, 5.74) is 0.584. The first-order valence-electron chi connectivity index (χ1n) is 8.50. The highest BCUT2D eigenvalue weighted by atomic mass is 16.6. The number of carbonyl (C=O) groups excluding carboxylic acids is 1. The first-order chi connectivity index (χ1) is 12.1. The predicted octanol–water partition coefficient (Wildman–Crippen LogP) is 1.54. The van der Waals surface area contributed by atoms with Crippen molar-refractivity contribution in [3.05, 3.63) is 33.9 Å². The number of nitro groups is 1. The first kappa shape index (κ1) is 17.6. The van der Waals surface area contributed by atoms with Gasteiger partial charge in [0.05, 0.1) is 18.6 Å². The predicted molar refractivity (Wildman–Crippen MR) is 92.0 cm³/mol. The molecule has 2 heterocycles. The lowest BCUT2D eigenvalue weighted by Crippen LogP contribution is -2.48. The molecule has 0 radical (unpaired) electrons. The average Bonchev–Trinajstić information content (AvgIpc) is 3.14. The smallest absolute Gasteiger partial charge is 0.344 e. The molecule has 8 nitrogen and oxygen atoms in total. The van der Waals surface area contributed by atoms with Crippen LogP contribution in [0.3, 0.4) is 0 Å². The highest BCUT2D eigenvalue weighted by Crippen LogP contribution is 2.27. The van der Waals surface area contributed by atoms with Crippen LogP contribution in [0, 0.1) is 16.0 Å². The van der Waals surface area contributed by atoms with Crippen molar-refractivity contribution in [2.75, 3.05) is 57.9 Å². The Morgan fingerprint density at radius 1 is 1.36 bits per heavy atom. The maximum atomic E-state index is 11.9. The van der Waals surface area contributed by atoms with E-state index in [4.69, 9.17) is 4.74 Å². The number of nitro benzene ring substituents is 1. The van der Waals surface area contributed by atoms with Gasteiger partial charge in [-0.15, -0.1) is 0 Å². The van der Waals surface area contributed by atoms with E-state index in [9.17, 15) is 14.9 Å². The third-order valence-electron chi connectivity index (χ3n) is 4.86. The minimum Gasteiger partial charge on any atom is -0.465 e. The molecule has 2 fully saturated rings. The summed E-state index contributed by atoms with van der Waals surface area (Å²) in [5, 5.41) is 11.1. The van der Waals surface area contributed by atoms with Crippen LogP contribution >= 0.6 is 0 Å². The molecule has 0 aromatic heterocycles. The van der Waals surface area contributed by atoms with Crippen LogP contribution in [0.1, 0.15) is 16.8 Å². The molecule has 1 aromatic rings. The molecule has 8 heteroatoms. The van der Waals surface area contributed by atoms with E-state index in [0.717, 1.165) is 58.0 Å². The van der Waals surface area contributed by atoms with Crippen molar-refractivity contribution in [1.29, 1.82) is 0 Å². The number of esters is 1. The number of anilines is 1. The first-order valence-corrected chi connectivity index (χ1v) is 8.50. The van der Waals surface area contributed by atoms with E-state index in [2.05, 4.69) is 14.5 Å². The molecule has 1 aromatic carbocycles. The van der Waals surface area contributed by atoms with Gasteiger partial charge in [-0.2, -0.15) is 0 Å². The van der Waals surface area contributed by atoms with E-state index in [1.165, 1.54) is 13.2 Å². The minimum atomic E-state index is -0.687. The third kappa shape index (κ3) is 4.08. The minimum absolute atomic E-state index is 0.00414. The summed E-state index contributed by atoms with van der Waals surface area (Å²) in [6.07, 6.45) is 1.13. The second-order valence-corrected chi connectivity index (χ2v) is 6.47. The Morgan fingerprint density at radius 3 is 2.72 bits per heavy atom. The highest BCUT2D eigenvalue weighted by molar-refractivity contribution is 5.95. The van der Waals surface area contributed by atoms with Crippen molar-refractivity contribution in [2.45, 2.75) is 6.42 Å². The van der Waals surface area contributed by atoms with Gasteiger partial charge in [-0.1, -0.05) is 0 Å². The van der Waals surface area contributed by atoms with Gasteiger partial charge in [-0.05, 0) is 24.5 Å². The number of nitrogens with zero attached hydrogens (tertiary/aromatic N) is 3. The summed E-state index contributed by atoms with van der Waals surface area (Å²) in [4.78, 5) is 27.0. The lowest BCUT2D eigenvalue weighted by molar-refractivity contribution is -0.385. The fourth-order valence-electron chi connectivity index (χ4n) is 3.43. The van der Waals surface area contributed by atoms with Crippen LogP contribution in [-0.4, -0.2) is 68.8 Å². The quantitative estimate of drug-likeness (QED) is 0.453. The van der Waals surface area contributed by atoms with Crippen LogP contribution in [0.4, 0.5) is 11.4 Å². The Morgan fingerprint density at radius 2 is 2.12 bits per heavy atom. The zero-order chi connectivity index (χ0) is 17.8. The van der Waals surface area contributed by atoms with E-state index >= 15 is 0 Å². The summed E-state index contributed by atoms with van der Waals surface area (Å²) in [6, 6.07) is 4.64. The third-order valence-corrected chi connectivity index (χ3v) is 4.86. The molecule has 0 amide bonds. The standard InChI is InChI=1S/C17H23N3O5/c1-24-17(21)15-10-14(2-3-16(15)20(22)23)19-7-5-18(6-8-19)11-13-4-9-25-12-13/h2-3,10,13H,4-9,11-12H2,1H3. The van der Waals surface area contributed by atoms with E-state index in [-0.39, 0.29) is 11.3 Å². The molecule has 2 aliphatic rings. The number of carbonyl (C=O) groups is 1. The summed E-state index contributed by atoms with van der Waals surface area (Å²) in [6.45, 7) is 6.29. The Balaban J connectivity index is 1.66. The number of piperazine rings is 1. The summed E-state index contributed by atoms with van der Waals surface area (Å²) in [5.74, 6) is -0.0646. The van der Waals surface area contributed by atoms with Crippen LogP contribution in [0.5, 0.6) is 0 Å². The summed E-state index contributed by atoms with van der Waals surface area (Å²) >= 11 is 0. The van der Waals surface area contributed by atoms with Crippen molar-refractivity contribution in [3.8, 4) is 0 Å². The molecule has 0 saturated carbocycles. The van der Waals surface area contributed by atoms with Gasteiger partial charge in [0.25, 0.3) is 5.69 Å². The molecular weight excluding hydrogens is 326 g/mol. The number of ether oxygens (including phenoxy) is 2. The van der Waals surface area contributed by atoms with Crippen LogP contribution in [-0.2, 0) is 9.47 Å². The zero-order valence-corrected chi connectivity index (χ0v) is 14.3. The van der Waals surface area contributed by atoms with Gasteiger partial charge in [-0.3, -0.25) is 15.0 Å². The molecule has 1 unspecified atom stereocenters. The van der Waals surface area contributed by atoms with Gasteiger partial charge in [0.1, 0.15) is 5.56 Å². The molecule has 2 aliphatic heterocycles. The number of rotatable bonds is 5. The number of hydrogen-bond donors (Lipinski definition) is 0. The van der Waals surface area contributed by atoms with Gasteiger partial charge in [-0.25, -0.2) is 4.79 Å².